The lowest BCUT2D eigenvalue weighted by Crippen LogP contribution is -2.50. The molecule has 0 aromatic heterocycles. The second kappa shape index (κ2) is 19.9. The maximum atomic E-state index is 12.5. The van der Waals surface area contributed by atoms with Gasteiger partial charge in [0.1, 0.15) is 0 Å². The number of hydrogen-bond donors (Lipinski definition) is 6. The number of hydroxylamine groups is 1. The summed E-state index contributed by atoms with van der Waals surface area (Å²) in [6.45, 7) is 4.56. The van der Waals surface area contributed by atoms with E-state index in [1.54, 1.807) is 14.7 Å². The molecule has 0 atom stereocenters. The summed E-state index contributed by atoms with van der Waals surface area (Å²) in [5.41, 5.74) is 2.24. The predicted molar refractivity (Wildman–Crippen MR) is 139 cm³/mol. The van der Waals surface area contributed by atoms with E-state index in [4.69, 9.17) is 4.84 Å². The molecule has 0 spiro atoms. The van der Waals surface area contributed by atoms with Crippen LogP contribution in [0.5, 0.6) is 0 Å². The van der Waals surface area contributed by atoms with Gasteiger partial charge in [0.25, 0.3) is 0 Å². The number of nitrogens with zero attached hydrogens (tertiary/aromatic N) is 4. The van der Waals surface area contributed by atoms with Crippen LogP contribution in [0.3, 0.4) is 0 Å². The Labute approximate surface area is 228 Å². The monoisotopic (exact) mass is 561 g/mol. The van der Waals surface area contributed by atoms with Gasteiger partial charge in [-0.3, -0.25) is 43.6 Å². The third-order valence-corrected chi connectivity index (χ3v) is 5.88. The molecule has 1 aliphatic heterocycles. The lowest BCUT2D eigenvalue weighted by Gasteiger charge is -2.32. The molecule has 39 heavy (non-hydrogen) atoms. The molecule has 16 heteroatoms. The molecular weight excluding hydrogens is 518 g/mol. The molecule has 6 N–H and O–H groups in total. The molecule has 0 aromatic rings. The number of carboxylic acid groups (broad SMARTS) is 3. The third kappa shape index (κ3) is 18.0. The molecular formula is C23H43N7O9. The van der Waals surface area contributed by atoms with E-state index in [1.165, 1.54) is 0 Å². The van der Waals surface area contributed by atoms with Gasteiger partial charge >= 0.3 is 23.9 Å². The summed E-state index contributed by atoms with van der Waals surface area (Å²) in [7, 11) is 0. The van der Waals surface area contributed by atoms with Gasteiger partial charge in [0.2, 0.25) is 5.91 Å². The Bertz CT molecular complexity index is 755. The topological polar surface area (TPSA) is 204 Å². The summed E-state index contributed by atoms with van der Waals surface area (Å²) in [6.07, 6.45) is 1.80. The van der Waals surface area contributed by atoms with Crippen molar-refractivity contribution in [2.24, 2.45) is 0 Å². The highest BCUT2D eigenvalue weighted by atomic mass is 16.7. The molecule has 0 saturated carbocycles. The van der Waals surface area contributed by atoms with Crippen LogP contribution in [0, 0.1) is 0 Å². The molecule has 0 aliphatic carbocycles. The van der Waals surface area contributed by atoms with Gasteiger partial charge in [0, 0.05) is 65.4 Å². The van der Waals surface area contributed by atoms with Crippen LogP contribution in [-0.4, -0.2) is 163 Å². The van der Waals surface area contributed by atoms with E-state index in [0.717, 1.165) is 12.8 Å². The summed E-state index contributed by atoms with van der Waals surface area (Å²) in [5.74, 6) is -3.36. The summed E-state index contributed by atoms with van der Waals surface area (Å²) in [4.78, 5) is 69.9. The molecule has 0 aromatic carbocycles. The number of carbonyl (C=O) groups excluding carboxylic acids is 2. The predicted octanol–water partition coefficient (Wildman–Crippen LogP) is -2.39. The number of hydrogen-bond acceptors (Lipinski definition) is 10. The second-order valence-electron chi connectivity index (χ2n) is 9.20. The third-order valence-electron chi connectivity index (χ3n) is 5.88. The maximum absolute atomic E-state index is 12.5. The number of urea groups is 1. The van der Waals surface area contributed by atoms with Gasteiger partial charge in [-0.15, -0.1) is 0 Å². The average Bonchev–Trinajstić information content (AvgIpc) is 2.84. The van der Waals surface area contributed by atoms with Gasteiger partial charge < -0.3 is 26.0 Å². The summed E-state index contributed by atoms with van der Waals surface area (Å²) in [5, 5.41) is 33.1. The molecule has 1 aliphatic rings. The van der Waals surface area contributed by atoms with Gasteiger partial charge in [-0.25, -0.2) is 10.3 Å². The lowest BCUT2D eigenvalue weighted by atomic mass is 10.3. The van der Waals surface area contributed by atoms with Crippen molar-refractivity contribution in [1.29, 1.82) is 0 Å². The first-order chi connectivity index (χ1) is 18.6. The van der Waals surface area contributed by atoms with Gasteiger partial charge in [0.05, 0.1) is 32.8 Å². The van der Waals surface area contributed by atoms with E-state index in [2.05, 4.69) is 16.1 Å². The number of carbonyl (C=O) groups is 5. The fourth-order valence-electron chi connectivity index (χ4n) is 3.82. The van der Waals surface area contributed by atoms with Crippen molar-refractivity contribution in [3.8, 4) is 0 Å². The highest BCUT2D eigenvalue weighted by Gasteiger charge is 2.21. The van der Waals surface area contributed by atoms with Gasteiger partial charge in [-0.05, 0) is 6.42 Å². The highest BCUT2D eigenvalue weighted by molar-refractivity contribution is 5.78. The fourth-order valence-corrected chi connectivity index (χ4v) is 3.82. The molecule has 1 fully saturated rings. The normalized spacial score (nSPS) is 16.9. The molecule has 1 saturated heterocycles. The Hall–Kier alpha value is -3.05. The molecule has 1 heterocycles. The van der Waals surface area contributed by atoms with E-state index in [9.17, 15) is 39.3 Å². The molecule has 0 unspecified atom stereocenters. The minimum atomic E-state index is -1.02. The number of aliphatic carboxylic acids is 3. The number of rotatable bonds is 15. The molecule has 16 nitrogen and oxygen atoms in total. The fraction of sp³-hybridized carbons (Fsp3) is 0.783. The van der Waals surface area contributed by atoms with Crippen LogP contribution in [-0.2, 0) is 24.0 Å². The zero-order valence-corrected chi connectivity index (χ0v) is 22.6. The summed E-state index contributed by atoms with van der Waals surface area (Å²) in [6, 6.07) is -0.461. The van der Waals surface area contributed by atoms with Crippen LogP contribution in [0.25, 0.3) is 0 Å². The Balaban J connectivity index is 2.68. The zero-order chi connectivity index (χ0) is 29.0. The van der Waals surface area contributed by atoms with Gasteiger partial charge in [-0.1, -0.05) is 13.3 Å². The number of amides is 3. The first kappa shape index (κ1) is 34.0. The van der Waals surface area contributed by atoms with Crippen LogP contribution in [0.4, 0.5) is 4.79 Å². The number of carboxylic acids is 3. The maximum Gasteiger partial charge on any atom is 0.338 e. The highest BCUT2D eigenvalue weighted by Crippen LogP contribution is 2.01. The minimum absolute atomic E-state index is 0.00209. The smallest absolute Gasteiger partial charge is 0.338 e. The van der Waals surface area contributed by atoms with Gasteiger partial charge in [0.15, 0.2) is 0 Å². The Kier molecular flexibility index (Phi) is 17.4. The average molecular weight is 562 g/mol. The van der Waals surface area contributed by atoms with E-state index in [1.807, 2.05) is 11.8 Å². The largest absolute Gasteiger partial charge is 0.480 e. The SMILES string of the molecule is CCCCNC(=O)NOCCNC(=O)CN1CCN(CC(=O)O)CCN(CC(=O)O)CCN(CC(=O)O)CC1. The van der Waals surface area contributed by atoms with Crippen LogP contribution in [0.15, 0.2) is 0 Å². The Morgan fingerprint density at radius 2 is 1.05 bits per heavy atom. The van der Waals surface area contributed by atoms with Crippen molar-refractivity contribution >= 4 is 29.8 Å². The molecule has 3 amide bonds. The van der Waals surface area contributed by atoms with Crippen molar-refractivity contribution in [3.63, 3.8) is 0 Å². The quantitative estimate of drug-likeness (QED) is 0.0913. The lowest BCUT2D eigenvalue weighted by molar-refractivity contribution is -0.140. The number of nitrogens with one attached hydrogen (secondary N) is 3. The van der Waals surface area contributed by atoms with E-state index in [-0.39, 0.29) is 45.2 Å². The second-order valence-corrected chi connectivity index (χ2v) is 9.20. The van der Waals surface area contributed by atoms with Crippen LogP contribution in [0.1, 0.15) is 19.8 Å². The van der Waals surface area contributed by atoms with Crippen LogP contribution >= 0.6 is 0 Å². The Morgan fingerprint density at radius 3 is 1.44 bits per heavy atom. The van der Waals surface area contributed by atoms with Crippen molar-refractivity contribution < 1.29 is 44.1 Å². The van der Waals surface area contributed by atoms with Crippen molar-refractivity contribution in [2.75, 3.05) is 98.2 Å². The van der Waals surface area contributed by atoms with Crippen molar-refractivity contribution in [3.05, 3.63) is 0 Å². The molecule has 224 valence electrons. The van der Waals surface area contributed by atoms with E-state index >= 15 is 0 Å². The van der Waals surface area contributed by atoms with E-state index < -0.39 is 23.9 Å². The summed E-state index contributed by atoms with van der Waals surface area (Å²) >= 11 is 0. The van der Waals surface area contributed by atoms with Gasteiger partial charge in [-0.2, -0.15) is 0 Å². The summed E-state index contributed by atoms with van der Waals surface area (Å²) < 4.78 is 0. The molecule has 0 bridgehead atoms. The minimum Gasteiger partial charge on any atom is -0.480 e. The molecule has 0 radical (unpaired) electrons. The van der Waals surface area contributed by atoms with Crippen molar-refractivity contribution in [2.45, 2.75) is 19.8 Å². The Morgan fingerprint density at radius 1 is 0.641 bits per heavy atom. The van der Waals surface area contributed by atoms with E-state index in [0.29, 0.717) is 58.9 Å². The van der Waals surface area contributed by atoms with Crippen LogP contribution in [0.2, 0.25) is 0 Å². The zero-order valence-electron chi connectivity index (χ0n) is 22.6. The first-order valence-electron chi connectivity index (χ1n) is 13.1. The number of unbranched alkanes of at least 4 members (excludes halogenated alkanes) is 1. The standard InChI is InChI=1S/C23H43N7O9/c1-2-3-4-25-23(38)26-39-14-5-24-19(31)15-27-6-8-28(16-20(32)33)10-12-30(18-22(36)37)13-11-29(9-7-27)17-21(34)35/h2-18H2,1H3,(H,24,31)(H,32,33)(H,34,35)(H,36,37)(H2,25,26,38). The molecule has 1 rings (SSSR count). The first-order valence-corrected chi connectivity index (χ1v) is 13.1. The van der Waals surface area contributed by atoms with Crippen molar-refractivity contribution in [1.82, 2.24) is 35.7 Å². The van der Waals surface area contributed by atoms with Crippen LogP contribution < -0.4 is 16.1 Å².